The molecular weight excluding hydrogens is 829 g/mol. The second-order valence-electron chi connectivity index (χ2n) is 15.9. The molecule has 1 aliphatic heterocycles. The zero-order chi connectivity index (χ0) is 43.9. The molecule has 1 saturated heterocycles. The van der Waals surface area contributed by atoms with Gasteiger partial charge in [0.25, 0.3) is 22.0 Å². The molecule has 2 aliphatic rings. The van der Waals surface area contributed by atoms with Crippen molar-refractivity contribution in [1.82, 2.24) is 13.5 Å². The first-order valence-electron chi connectivity index (χ1n) is 20.3. The van der Waals surface area contributed by atoms with Crippen LogP contribution in [0.25, 0.3) is 0 Å². The fourth-order valence-electron chi connectivity index (χ4n) is 7.82. The number of benzene rings is 3. The van der Waals surface area contributed by atoms with Crippen LogP contribution in [-0.4, -0.2) is 111 Å². The first kappa shape index (κ1) is 45.9. The largest absolute Gasteiger partial charge is 0.478 e. The number of amides is 2. The van der Waals surface area contributed by atoms with E-state index in [1.807, 2.05) is 19.9 Å². The van der Waals surface area contributed by atoms with E-state index in [9.17, 15) is 22.8 Å². The minimum atomic E-state index is -3.78. The maximum absolute atomic E-state index is 15.3. The molecule has 2 amide bonds. The van der Waals surface area contributed by atoms with E-state index in [-0.39, 0.29) is 74.6 Å². The van der Waals surface area contributed by atoms with Crippen LogP contribution in [0.4, 0.5) is 19.5 Å². The molecule has 61 heavy (non-hydrogen) atoms. The number of carbonyl (C=O) groups is 3. The van der Waals surface area contributed by atoms with Crippen LogP contribution in [-0.2, 0) is 51.9 Å². The van der Waals surface area contributed by atoms with Gasteiger partial charge in [0.05, 0.1) is 24.3 Å². The first-order valence-corrected chi connectivity index (χ1v) is 22.5. The summed E-state index contributed by atoms with van der Waals surface area (Å²) in [7, 11) is -0.720. The van der Waals surface area contributed by atoms with Gasteiger partial charge in [-0.25, -0.2) is 13.6 Å². The van der Waals surface area contributed by atoms with Crippen LogP contribution in [0.5, 0.6) is 0 Å². The van der Waals surface area contributed by atoms with Gasteiger partial charge in [-0.15, -0.1) is 11.3 Å². The van der Waals surface area contributed by atoms with Crippen LogP contribution in [0.3, 0.4) is 0 Å². The molecule has 3 N–H and O–H groups in total. The molecule has 0 saturated carbocycles. The lowest BCUT2D eigenvalue weighted by molar-refractivity contribution is 0.0436. The molecule has 0 spiro atoms. The SMILES string of the molecule is COCCN(CCOC)S(=O)(=O)N1CCN(Cc2cccc(C(=O)Nc3sc4c(c3C(=O)Nc3cc(F)c(CCc5ccc(C(=O)O)cc5)c(F)c3)CCCC4)c2)C(C)(C)C1. The van der Waals surface area contributed by atoms with Crippen LogP contribution in [0, 0.1) is 11.6 Å². The lowest BCUT2D eigenvalue weighted by Crippen LogP contribution is -2.62. The molecule has 0 radical (unpaired) electrons. The number of carboxylic acids is 1. The number of aryl methyl sites for hydroxylation is 2. The fourth-order valence-corrected chi connectivity index (χ4v) is 10.8. The summed E-state index contributed by atoms with van der Waals surface area (Å²) in [6, 6.07) is 15.4. The Morgan fingerprint density at radius 3 is 2.16 bits per heavy atom. The predicted molar refractivity (Wildman–Crippen MR) is 231 cm³/mol. The Morgan fingerprint density at radius 1 is 0.852 bits per heavy atom. The van der Waals surface area contributed by atoms with Crippen molar-refractivity contribution in [2.24, 2.45) is 0 Å². The third-order valence-corrected chi connectivity index (χ3v) is 14.4. The van der Waals surface area contributed by atoms with Gasteiger partial charge in [0.1, 0.15) is 16.6 Å². The Labute approximate surface area is 359 Å². The molecule has 1 aromatic heterocycles. The average Bonchev–Trinajstić information content (AvgIpc) is 3.59. The third-order valence-electron chi connectivity index (χ3n) is 11.2. The molecule has 0 atom stereocenters. The van der Waals surface area contributed by atoms with E-state index in [0.29, 0.717) is 30.1 Å². The number of ether oxygens (including phenoxy) is 2. The minimum absolute atomic E-state index is 0.0245. The van der Waals surface area contributed by atoms with E-state index < -0.39 is 45.2 Å². The average molecular weight is 882 g/mol. The van der Waals surface area contributed by atoms with Crippen LogP contribution in [0.2, 0.25) is 0 Å². The van der Waals surface area contributed by atoms with Crippen LogP contribution in [0.1, 0.15) is 84.9 Å². The normalized spacial score (nSPS) is 15.7. The van der Waals surface area contributed by atoms with Gasteiger partial charge >= 0.3 is 5.97 Å². The number of hydrogen-bond donors (Lipinski definition) is 3. The van der Waals surface area contributed by atoms with Crippen LogP contribution in [0.15, 0.2) is 60.7 Å². The Bertz CT molecular complexity index is 2310. The molecule has 1 fully saturated rings. The van der Waals surface area contributed by atoms with Crippen molar-refractivity contribution in [2.45, 2.75) is 64.5 Å². The minimum Gasteiger partial charge on any atom is -0.478 e. The lowest BCUT2D eigenvalue weighted by atomic mass is 9.95. The fraction of sp³-hybridized carbons (Fsp3) is 0.432. The summed E-state index contributed by atoms with van der Waals surface area (Å²) >= 11 is 1.33. The van der Waals surface area contributed by atoms with E-state index in [1.54, 1.807) is 30.3 Å². The summed E-state index contributed by atoms with van der Waals surface area (Å²) in [6.07, 6.45) is 3.45. The van der Waals surface area contributed by atoms with Crippen LogP contribution >= 0.6 is 11.3 Å². The van der Waals surface area contributed by atoms with E-state index in [2.05, 4.69) is 15.5 Å². The van der Waals surface area contributed by atoms with E-state index in [1.165, 1.54) is 46.3 Å². The number of fused-ring (bicyclic) bond motifs is 1. The summed E-state index contributed by atoms with van der Waals surface area (Å²) in [5.74, 6) is -3.72. The Hall–Kier alpha value is -4.62. The predicted octanol–water partition coefficient (Wildman–Crippen LogP) is 6.63. The Kier molecular flexibility index (Phi) is 15.1. The number of hydrogen-bond acceptors (Lipinski definition) is 9. The number of nitrogens with zero attached hydrogens (tertiary/aromatic N) is 3. The highest BCUT2D eigenvalue weighted by Gasteiger charge is 2.40. The zero-order valence-corrected chi connectivity index (χ0v) is 36.5. The zero-order valence-electron chi connectivity index (χ0n) is 34.9. The van der Waals surface area contributed by atoms with Gasteiger partial charge in [-0.1, -0.05) is 24.3 Å². The van der Waals surface area contributed by atoms with Gasteiger partial charge in [-0.2, -0.15) is 17.0 Å². The molecule has 3 aromatic carbocycles. The van der Waals surface area contributed by atoms with Gasteiger partial charge in [0.2, 0.25) is 0 Å². The van der Waals surface area contributed by atoms with Crippen molar-refractivity contribution < 1.29 is 46.2 Å². The second kappa shape index (κ2) is 20.0. The summed E-state index contributed by atoms with van der Waals surface area (Å²) in [5.41, 5.74) is 2.39. The van der Waals surface area contributed by atoms with Gasteiger partial charge in [-0.05, 0) is 105 Å². The molecule has 4 aromatic rings. The molecule has 13 nitrogen and oxygen atoms in total. The van der Waals surface area contributed by atoms with Gasteiger partial charge in [0, 0.05) is 80.7 Å². The topological polar surface area (TPSA) is 158 Å². The van der Waals surface area contributed by atoms with Crippen molar-refractivity contribution >= 4 is 50.0 Å². The maximum atomic E-state index is 15.3. The molecule has 2 heterocycles. The lowest BCUT2D eigenvalue weighted by Gasteiger charge is -2.47. The number of nitrogens with one attached hydrogen (secondary N) is 2. The van der Waals surface area contributed by atoms with Gasteiger partial charge in [0.15, 0.2) is 0 Å². The van der Waals surface area contributed by atoms with Crippen molar-refractivity contribution in [3.63, 3.8) is 0 Å². The van der Waals surface area contributed by atoms with Crippen molar-refractivity contribution in [1.29, 1.82) is 0 Å². The highest BCUT2D eigenvalue weighted by molar-refractivity contribution is 7.86. The number of thiophene rings is 1. The number of carboxylic acid groups (broad SMARTS) is 1. The molecule has 0 bridgehead atoms. The van der Waals surface area contributed by atoms with Crippen molar-refractivity contribution in [3.05, 3.63) is 116 Å². The summed E-state index contributed by atoms with van der Waals surface area (Å²) in [6.45, 7) is 6.40. The van der Waals surface area contributed by atoms with Crippen molar-refractivity contribution in [3.8, 4) is 0 Å². The number of aromatic carboxylic acids is 1. The number of anilines is 2. The number of carbonyl (C=O) groups excluding carboxylic acids is 2. The molecule has 328 valence electrons. The third kappa shape index (κ3) is 11.1. The summed E-state index contributed by atoms with van der Waals surface area (Å²) in [5, 5.41) is 15.1. The van der Waals surface area contributed by atoms with Gasteiger partial charge < -0.3 is 25.2 Å². The molecule has 17 heteroatoms. The summed E-state index contributed by atoms with van der Waals surface area (Å²) < 4.78 is 71.2. The number of halogens is 2. The molecular formula is C44H53F2N5O8S2. The highest BCUT2D eigenvalue weighted by atomic mass is 32.2. The number of methoxy groups -OCH3 is 2. The molecule has 1 aliphatic carbocycles. The molecule has 0 unspecified atom stereocenters. The first-order chi connectivity index (χ1) is 29.1. The number of rotatable bonds is 18. The standard InChI is InChI=1S/C44H53F2N5O8S2/c1-44(2)28-51(61(56,57)50(20-22-58-3)21-23-59-4)19-18-49(44)27-30-8-7-9-32(24-30)40(52)48-42-39(35-10-5-6-11-38(35)60-42)41(53)47-33-25-36(45)34(37(46)26-33)17-14-29-12-15-31(16-13-29)43(54)55/h7-9,12-13,15-16,24-26H,5-6,10-11,14,17-23,27-28H2,1-4H3,(H,47,53)(H,48,52)(H,54,55). The smallest absolute Gasteiger partial charge is 0.335 e. The molecule has 6 rings (SSSR count). The van der Waals surface area contributed by atoms with Crippen molar-refractivity contribution in [2.75, 3.05) is 70.8 Å². The van der Waals surface area contributed by atoms with E-state index in [0.717, 1.165) is 53.0 Å². The highest BCUT2D eigenvalue weighted by Crippen LogP contribution is 2.39. The number of piperazine rings is 1. The van der Waals surface area contributed by atoms with Gasteiger partial charge in [-0.3, -0.25) is 14.5 Å². The Balaban J connectivity index is 1.13. The van der Waals surface area contributed by atoms with E-state index >= 15 is 8.78 Å². The quantitative estimate of drug-likeness (QED) is 0.0999. The summed E-state index contributed by atoms with van der Waals surface area (Å²) in [4.78, 5) is 42.1. The second-order valence-corrected chi connectivity index (χ2v) is 18.9. The van der Waals surface area contributed by atoms with Crippen LogP contribution < -0.4 is 10.6 Å². The monoisotopic (exact) mass is 881 g/mol. The maximum Gasteiger partial charge on any atom is 0.335 e. The van der Waals surface area contributed by atoms with E-state index in [4.69, 9.17) is 14.6 Å². The Morgan fingerprint density at radius 2 is 1.52 bits per heavy atom.